The third-order valence-corrected chi connectivity index (χ3v) is 4.42. The number of guanidine groups is 1. The van der Waals surface area contributed by atoms with Crippen molar-refractivity contribution in [2.24, 2.45) is 10.7 Å². The maximum atomic E-state index is 6.16. The van der Waals surface area contributed by atoms with Crippen LogP contribution < -0.4 is 10.6 Å². The number of hydrogen-bond acceptors (Lipinski definition) is 4. The molecule has 102 valence electrons. The predicted molar refractivity (Wildman–Crippen MR) is 79.6 cm³/mol. The average Bonchev–Trinajstić information content (AvgIpc) is 2.71. The largest absolute Gasteiger partial charge is 0.369 e. The summed E-state index contributed by atoms with van der Waals surface area (Å²) in [5.74, 6) is 0.676. The molecule has 0 saturated carbocycles. The molecule has 0 aromatic heterocycles. The van der Waals surface area contributed by atoms with Crippen LogP contribution in [0, 0.1) is 6.92 Å². The zero-order chi connectivity index (χ0) is 13.5. The molecule has 0 aliphatic carbocycles. The topological polar surface area (TPSA) is 44.9 Å². The number of piperidine rings is 1. The fourth-order valence-corrected chi connectivity index (χ4v) is 3.20. The molecule has 2 aliphatic heterocycles. The van der Waals surface area contributed by atoms with Crippen molar-refractivity contribution in [3.8, 4) is 0 Å². The lowest BCUT2D eigenvalue weighted by molar-refractivity contribution is 0.202. The van der Waals surface area contributed by atoms with Crippen molar-refractivity contribution < 1.29 is 0 Å². The third kappa shape index (κ3) is 2.10. The molecule has 1 aromatic carbocycles. The number of nitrogens with two attached hydrogens (primary N) is 1. The van der Waals surface area contributed by atoms with Gasteiger partial charge in [0.25, 0.3) is 0 Å². The Labute approximate surface area is 114 Å². The summed E-state index contributed by atoms with van der Waals surface area (Å²) in [5.41, 5.74) is 8.71. The van der Waals surface area contributed by atoms with Gasteiger partial charge >= 0.3 is 0 Å². The average molecular weight is 258 g/mol. The Bertz CT molecular complexity index is 501. The van der Waals surface area contributed by atoms with Gasteiger partial charge in [0.05, 0.1) is 12.1 Å². The number of anilines is 1. The molecule has 1 spiro atoms. The van der Waals surface area contributed by atoms with E-state index in [0.29, 0.717) is 5.96 Å². The van der Waals surface area contributed by atoms with E-state index in [1.54, 1.807) is 0 Å². The molecule has 0 unspecified atom stereocenters. The minimum atomic E-state index is 0.102. The number of rotatable bonds is 1. The highest BCUT2D eigenvalue weighted by atomic mass is 15.4. The van der Waals surface area contributed by atoms with Crippen LogP contribution in [0.2, 0.25) is 0 Å². The van der Waals surface area contributed by atoms with Crippen LogP contribution >= 0.6 is 0 Å². The highest BCUT2D eigenvalue weighted by molar-refractivity contribution is 5.98. The molecule has 0 radical (unpaired) electrons. The molecule has 2 heterocycles. The lowest BCUT2D eigenvalue weighted by atomic mass is 9.86. The molecule has 1 fully saturated rings. The molecule has 0 bridgehead atoms. The van der Waals surface area contributed by atoms with Gasteiger partial charge in [-0.25, -0.2) is 0 Å². The van der Waals surface area contributed by atoms with E-state index in [1.165, 1.54) is 11.3 Å². The number of benzene rings is 1. The summed E-state index contributed by atoms with van der Waals surface area (Å²) in [4.78, 5) is 9.18. The van der Waals surface area contributed by atoms with Gasteiger partial charge in [-0.3, -0.25) is 4.99 Å². The number of hydrogen-bond donors (Lipinski definition) is 1. The Kier molecular flexibility index (Phi) is 2.97. The van der Waals surface area contributed by atoms with E-state index in [2.05, 4.69) is 53.0 Å². The van der Waals surface area contributed by atoms with E-state index < -0.39 is 0 Å². The van der Waals surface area contributed by atoms with Crippen LogP contribution in [0.1, 0.15) is 18.4 Å². The predicted octanol–water partition coefficient (Wildman–Crippen LogP) is 1.59. The Hall–Kier alpha value is -1.55. The van der Waals surface area contributed by atoms with Gasteiger partial charge in [-0.05, 0) is 44.5 Å². The minimum Gasteiger partial charge on any atom is -0.369 e. The Morgan fingerprint density at radius 3 is 2.68 bits per heavy atom. The van der Waals surface area contributed by atoms with Crippen molar-refractivity contribution in [1.29, 1.82) is 0 Å². The van der Waals surface area contributed by atoms with Gasteiger partial charge < -0.3 is 15.5 Å². The molecule has 2 N–H and O–H groups in total. The fourth-order valence-electron chi connectivity index (χ4n) is 3.20. The second kappa shape index (κ2) is 4.53. The van der Waals surface area contributed by atoms with Crippen LogP contribution in [0.15, 0.2) is 29.3 Å². The Morgan fingerprint density at radius 1 is 1.26 bits per heavy atom. The molecule has 3 rings (SSSR count). The number of aliphatic imine (C=N–C) groups is 1. The molecule has 0 amide bonds. The molecular formula is C15H22N4. The maximum Gasteiger partial charge on any atom is 0.196 e. The monoisotopic (exact) mass is 258 g/mol. The molecule has 19 heavy (non-hydrogen) atoms. The summed E-state index contributed by atoms with van der Waals surface area (Å²) in [7, 11) is 2.18. The van der Waals surface area contributed by atoms with Gasteiger partial charge in [0.2, 0.25) is 0 Å². The van der Waals surface area contributed by atoms with Crippen molar-refractivity contribution in [2.75, 3.05) is 31.6 Å². The van der Waals surface area contributed by atoms with Crippen molar-refractivity contribution in [2.45, 2.75) is 25.3 Å². The Balaban J connectivity index is 1.94. The molecule has 1 saturated heterocycles. The smallest absolute Gasteiger partial charge is 0.196 e. The summed E-state index contributed by atoms with van der Waals surface area (Å²) in [6.45, 7) is 5.19. The van der Waals surface area contributed by atoms with Gasteiger partial charge in [-0.2, -0.15) is 0 Å². The highest BCUT2D eigenvalue weighted by Gasteiger charge is 2.44. The quantitative estimate of drug-likeness (QED) is 0.832. The summed E-state index contributed by atoms with van der Waals surface area (Å²) in [5, 5.41) is 0. The first kappa shape index (κ1) is 12.5. The number of aryl methyl sites for hydroxylation is 1. The molecule has 4 heteroatoms. The first-order valence-electron chi connectivity index (χ1n) is 6.96. The lowest BCUT2D eigenvalue weighted by Crippen LogP contribution is -2.57. The van der Waals surface area contributed by atoms with Crippen molar-refractivity contribution in [3.63, 3.8) is 0 Å². The second-order valence-electron chi connectivity index (χ2n) is 5.88. The SMILES string of the molecule is Cc1cccc(N2C(N)=NCC23CCN(C)CC3)c1. The van der Waals surface area contributed by atoms with Crippen molar-refractivity contribution >= 4 is 11.6 Å². The van der Waals surface area contributed by atoms with E-state index >= 15 is 0 Å². The van der Waals surface area contributed by atoms with Crippen LogP contribution in [0.4, 0.5) is 5.69 Å². The van der Waals surface area contributed by atoms with Crippen LogP contribution in [0.25, 0.3) is 0 Å². The first-order chi connectivity index (χ1) is 9.11. The van der Waals surface area contributed by atoms with Crippen molar-refractivity contribution in [3.05, 3.63) is 29.8 Å². The number of likely N-dealkylation sites (tertiary alicyclic amines) is 1. The van der Waals surface area contributed by atoms with Crippen molar-refractivity contribution in [1.82, 2.24) is 4.90 Å². The summed E-state index contributed by atoms with van der Waals surface area (Å²) in [6, 6.07) is 8.56. The highest BCUT2D eigenvalue weighted by Crippen LogP contribution is 2.36. The first-order valence-corrected chi connectivity index (χ1v) is 6.96. The van der Waals surface area contributed by atoms with Crippen LogP contribution in [-0.2, 0) is 0 Å². The summed E-state index contributed by atoms with van der Waals surface area (Å²) >= 11 is 0. The third-order valence-electron chi connectivity index (χ3n) is 4.42. The molecule has 0 atom stereocenters. The van der Waals surface area contributed by atoms with Gasteiger partial charge in [0, 0.05) is 18.8 Å². The zero-order valence-electron chi connectivity index (χ0n) is 11.8. The van der Waals surface area contributed by atoms with E-state index in [-0.39, 0.29) is 5.54 Å². The standard InChI is InChI=1S/C15H22N4/c1-12-4-3-5-13(10-12)19-14(16)17-11-15(19)6-8-18(2)9-7-15/h3-5,10H,6-9,11H2,1-2H3,(H2,16,17). The Morgan fingerprint density at radius 2 is 2.00 bits per heavy atom. The zero-order valence-corrected chi connectivity index (χ0v) is 11.8. The van der Waals surface area contributed by atoms with E-state index in [0.717, 1.165) is 32.5 Å². The van der Waals surface area contributed by atoms with E-state index in [4.69, 9.17) is 5.73 Å². The van der Waals surface area contributed by atoms with Crippen LogP contribution in [0.5, 0.6) is 0 Å². The van der Waals surface area contributed by atoms with E-state index in [9.17, 15) is 0 Å². The normalized spacial score (nSPS) is 22.8. The minimum absolute atomic E-state index is 0.102. The second-order valence-corrected chi connectivity index (χ2v) is 5.88. The molecular weight excluding hydrogens is 236 g/mol. The van der Waals surface area contributed by atoms with Gasteiger partial charge in [0.1, 0.15) is 0 Å². The fraction of sp³-hybridized carbons (Fsp3) is 0.533. The molecule has 4 nitrogen and oxygen atoms in total. The summed E-state index contributed by atoms with van der Waals surface area (Å²) < 4.78 is 0. The van der Waals surface area contributed by atoms with Crippen LogP contribution in [-0.4, -0.2) is 43.1 Å². The maximum absolute atomic E-state index is 6.16. The summed E-state index contributed by atoms with van der Waals surface area (Å²) in [6.07, 6.45) is 2.25. The van der Waals surface area contributed by atoms with Crippen LogP contribution in [0.3, 0.4) is 0 Å². The number of nitrogens with zero attached hydrogens (tertiary/aromatic N) is 3. The van der Waals surface area contributed by atoms with Gasteiger partial charge in [-0.15, -0.1) is 0 Å². The molecule has 1 aromatic rings. The van der Waals surface area contributed by atoms with Gasteiger partial charge in [-0.1, -0.05) is 12.1 Å². The molecule has 2 aliphatic rings. The van der Waals surface area contributed by atoms with E-state index in [1.807, 2.05) is 0 Å². The van der Waals surface area contributed by atoms with Gasteiger partial charge in [0.15, 0.2) is 5.96 Å². The lowest BCUT2D eigenvalue weighted by Gasteiger charge is -2.44.